The fourth-order valence-electron chi connectivity index (χ4n) is 5.26. The number of imidazole rings is 1. The first-order valence-electron chi connectivity index (χ1n) is 11.9. The molecule has 8 nitrogen and oxygen atoms in total. The number of fused-ring (bicyclic) bond motifs is 4. The van der Waals surface area contributed by atoms with Gasteiger partial charge < -0.3 is 23.7 Å². The van der Waals surface area contributed by atoms with Crippen LogP contribution >= 0.6 is 0 Å². The lowest BCUT2D eigenvalue weighted by molar-refractivity contribution is -0.0373. The van der Waals surface area contributed by atoms with Gasteiger partial charge in [-0.15, -0.1) is 0 Å². The molecule has 8 heteroatoms. The van der Waals surface area contributed by atoms with Gasteiger partial charge in [-0.05, 0) is 57.4 Å². The van der Waals surface area contributed by atoms with E-state index < -0.39 is 0 Å². The van der Waals surface area contributed by atoms with Gasteiger partial charge in [0.05, 0.1) is 35.8 Å². The van der Waals surface area contributed by atoms with Gasteiger partial charge in [-0.3, -0.25) is 9.36 Å². The number of aryl methyl sites for hydroxylation is 2. The van der Waals surface area contributed by atoms with E-state index in [1.165, 1.54) is 5.56 Å². The van der Waals surface area contributed by atoms with Gasteiger partial charge in [-0.2, -0.15) is 0 Å². The van der Waals surface area contributed by atoms with E-state index in [2.05, 4.69) is 10.6 Å². The van der Waals surface area contributed by atoms with E-state index in [0.717, 1.165) is 47.2 Å². The maximum Gasteiger partial charge on any atom is 0.274 e. The molecule has 34 heavy (non-hydrogen) atoms. The molecule has 1 atom stereocenters. The number of carbonyl (C=O) groups excluding carboxylic acids is 1. The third-order valence-corrected chi connectivity index (χ3v) is 7.06. The van der Waals surface area contributed by atoms with Crippen molar-refractivity contribution >= 4 is 5.91 Å². The molecule has 1 amide bonds. The van der Waals surface area contributed by atoms with E-state index in [0.29, 0.717) is 32.1 Å². The molecule has 1 unspecified atom stereocenters. The molecule has 178 valence electrons. The second-order valence-electron chi connectivity index (χ2n) is 10.1. The molecule has 0 bridgehead atoms. The maximum absolute atomic E-state index is 13.9. The van der Waals surface area contributed by atoms with Crippen LogP contribution in [0.1, 0.15) is 42.5 Å². The lowest BCUT2D eigenvalue weighted by Gasteiger charge is -2.41. The summed E-state index contributed by atoms with van der Waals surface area (Å²) in [4.78, 5) is 20.8. The number of hydrogen-bond donors (Lipinski definition) is 0. The first-order valence-corrected chi connectivity index (χ1v) is 11.9. The molecule has 2 aromatic heterocycles. The Morgan fingerprint density at radius 1 is 1.21 bits per heavy atom. The van der Waals surface area contributed by atoms with Gasteiger partial charge in [0, 0.05) is 25.9 Å². The molecule has 3 aliphatic rings. The Balaban J connectivity index is 1.54. The third kappa shape index (κ3) is 3.23. The quantitative estimate of drug-likeness (QED) is 0.584. The first kappa shape index (κ1) is 21.3. The number of aromatic nitrogens is 3. The van der Waals surface area contributed by atoms with Crippen molar-refractivity contribution < 1.29 is 19.0 Å². The second-order valence-corrected chi connectivity index (χ2v) is 10.1. The van der Waals surface area contributed by atoms with Gasteiger partial charge in [0.15, 0.2) is 23.0 Å². The van der Waals surface area contributed by atoms with Crippen LogP contribution in [0.3, 0.4) is 0 Å². The molecular weight excluding hydrogens is 432 g/mol. The molecule has 0 aliphatic carbocycles. The summed E-state index contributed by atoms with van der Waals surface area (Å²) in [6.07, 6.45) is 3.53. The molecule has 0 N–H and O–H groups in total. The van der Waals surface area contributed by atoms with Gasteiger partial charge in [0.25, 0.3) is 5.91 Å². The SMILES string of the molecule is CC1COc2cc3c(cc2O1)-n1c(-c2cccn2C)nc(C(=O)N2CCOCC2(C)C)c1CC3. The average Bonchev–Trinajstić information content (AvgIpc) is 3.40. The van der Waals surface area contributed by atoms with Crippen LogP contribution in [-0.2, 0) is 24.6 Å². The van der Waals surface area contributed by atoms with Gasteiger partial charge >= 0.3 is 0 Å². The predicted octanol–water partition coefficient (Wildman–Crippen LogP) is 3.39. The van der Waals surface area contributed by atoms with Crippen LogP contribution in [0.4, 0.5) is 0 Å². The van der Waals surface area contributed by atoms with Gasteiger partial charge in [0.2, 0.25) is 0 Å². The lowest BCUT2D eigenvalue weighted by atomic mass is 9.98. The van der Waals surface area contributed by atoms with Crippen LogP contribution in [0.15, 0.2) is 30.5 Å². The third-order valence-electron chi connectivity index (χ3n) is 7.06. The summed E-state index contributed by atoms with van der Waals surface area (Å²) in [5.41, 5.74) is 4.22. The molecular formula is C26H30N4O4. The minimum Gasteiger partial charge on any atom is -0.486 e. The monoisotopic (exact) mass is 462 g/mol. The zero-order chi connectivity index (χ0) is 23.6. The van der Waals surface area contributed by atoms with Crippen LogP contribution in [0, 0.1) is 0 Å². The predicted molar refractivity (Wildman–Crippen MR) is 127 cm³/mol. The molecule has 6 rings (SSSR count). The standard InChI is InChI=1S/C26H30N4O4/c1-16-14-33-21-12-17-7-8-18-23(25(31)29-10-11-32-15-26(29,2)3)27-24(19-6-5-9-28(19)4)30(18)20(17)13-22(21)34-16/h5-6,9,12-13,16H,7-8,10-11,14-15H2,1-4H3. The van der Waals surface area contributed by atoms with Crippen molar-refractivity contribution in [3.05, 3.63) is 47.4 Å². The second kappa shape index (κ2) is 7.63. The van der Waals surface area contributed by atoms with Crippen molar-refractivity contribution in [2.75, 3.05) is 26.4 Å². The molecule has 1 fully saturated rings. The highest BCUT2D eigenvalue weighted by Crippen LogP contribution is 2.41. The molecule has 3 aromatic rings. The Bertz CT molecular complexity index is 1290. The fraction of sp³-hybridized carbons (Fsp3) is 0.462. The molecule has 0 radical (unpaired) electrons. The van der Waals surface area contributed by atoms with E-state index in [1.807, 2.05) is 61.7 Å². The van der Waals surface area contributed by atoms with E-state index in [1.54, 1.807) is 0 Å². The van der Waals surface area contributed by atoms with Crippen molar-refractivity contribution in [2.45, 2.75) is 45.3 Å². The summed E-state index contributed by atoms with van der Waals surface area (Å²) in [6, 6.07) is 8.17. The Morgan fingerprint density at radius 3 is 2.82 bits per heavy atom. The number of morpholine rings is 1. The normalized spacial score (nSPS) is 20.6. The van der Waals surface area contributed by atoms with Crippen LogP contribution in [-0.4, -0.2) is 62.9 Å². The van der Waals surface area contributed by atoms with Gasteiger partial charge in [-0.25, -0.2) is 4.98 Å². The van der Waals surface area contributed by atoms with E-state index in [4.69, 9.17) is 19.2 Å². The zero-order valence-electron chi connectivity index (χ0n) is 20.1. The fourth-order valence-corrected chi connectivity index (χ4v) is 5.26. The van der Waals surface area contributed by atoms with Crippen molar-refractivity contribution in [1.29, 1.82) is 0 Å². The Hall–Kier alpha value is -3.26. The van der Waals surface area contributed by atoms with E-state index >= 15 is 0 Å². The molecule has 0 spiro atoms. The summed E-state index contributed by atoms with van der Waals surface area (Å²) in [5.74, 6) is 2.25. The number of hydrogen-bond acceptors (Lipinski definition) is 5. The van der Waals surface area contributed by atoms with Crippen LogP contribution < -0.4 is 9.47 Å². The largest absolute Gasteiger partial charge is 0.486 e. The summed E-state index contributed by atoms with van der Waals surface area (Å²) in [5, 5.41) is 0. The number of amides is 1. The smallest absolute Gasteiger partial charge is 0.274 e. The highest BCUT2D eigenvalue weighted by molar-refractivity contribution is 5.95. The number of carbonyl (C=O) groups is 1. The van der Waals surface area contributed by atoms with Crippen molar-refractivity contribution in [1.82, 2.24) is 19.0 Å². The Labute approximate surface area is 199 Å². The van der Waals surface area contributed by atoms with Crippen LogP contribution in [0.25, 0.3) is 17.2 Å². The molecule has 1 aromatic carbocycles. The van der Waals surface area contributed by atoms with Crippen LogP contribution in [0.5, 0.6) is 11.5 Å². The highest BCUT2D eigenvalue weighted by Gasteiger charge is 2.39. The zero-order valence-corrected chi connectivity index (χ0v) is 20.1. The Morgan fingerprint density at radius 2 is 2.06 bits per heavy atom. The topological polar surface area (TPSA) is 70.8 Å². The van der Waals surface area contributed by atoms with Crippen molar-refractivity contribution in [3.8, 4) is 28.7 Å². The first-order chi connectivity index (χ1) is 16.3. The lowest BCUT2D eigenvalue weighted by Crippen LogP contribution is -2.55. The summed E-state index contributed by atoms with van der Waals surface area (Å²) < 4.78 is 21.9. The number of rotatable bonds is 2. The minimum absolute atomic E-state index is 0.00978. The average molecular weight is 463 g/mol. The summed E-state index contributed by atoms with van der Waals surface area (Å²) in [7, 11) is 2.00. The summed E-state index contributed by atoms with van der Waals surface area (Å²) >= 11 is 0. The minimum atomic E-state index is -0.385. The van der Waals surface area contributed by atoms with Crippen molar-refractivity contribution in [3.63, 3.8) is 0 Å². The van der Waals surface area contributed by atoms with Gasteiger partial charge in [0.1, 0.15) is 12.7 Å². The van der Waals surface area contributed by atoms with Gasteiger partial charge in [-0.1, -0.05) is 0 Å². The molecule has 0 saturated carbocycles. The maximum atomic E-state index is 13.9. The number of nitrogens with zero attached hydrogens (tertiary/aromatic N) is 4. The molecule has 5 heterocycles. The Kier molecular flexibility index (Phi) is 4.78. The summed E-state index contributed by atoms with van der Waals surface area (Å²) in [6.45, 7) is 8.26. The van der Waals surface area contributed by atoms with Crippen molar-refractivity contribution in [2.24, 2.45) is 7.05 Å². The van der Waals surface area contributed by atoms with Crippen LogP contribution in [0.2, 0.25) is 0 Å². The highest BCUT2D eigenvalue weighted by atomic mass is 16.6. The molecule has 1 saturated heterocycles. The van der Waals surface area contributed by atoms with E-state index in [-0.39, 0.29) is 17.6 Å². The molecule has 3 aliphatic heterocycles. The number of benzene rings is 1. The van der Waals surface area contributed by atoms with E-state index in [9.17, 15) is 4.79 Å². The number of ether oxygens (including phenoxy) is 3.